The fourth-order valence-electron chi connectivity index (χ4n) is 5.10. The van der Waals surface area contributed by atoms with Gasteiger partial charge in [0.05, 0.1) is 18.8 Å². The highest BCUT2D eigenvalue weighted by Crippen LogP contribution is 2.29. The van der Waals surface area contributed by atoms with Crippen LogP contribution in [0.2, 0.25) is 0 Å². The van der Waals surface area contributed by atoms with Gasteiger partial charge in [-0.15, -0.1) is 0 Å². The summed E-state index contributed by atoms with van der Waals surface area (Å²) in [5.41, 5.74) is 4.75. The van der Waals surface area contributed by atoms with Crippen LogP contribution in [0, 0.1) is 0 Å². The highest BCUT2D eigenvalue weighted by atomic mass is 16.2. The predicted octanol–water partition coefficient (Wildman–Crippen LogP) is 4.45. The molecule has 37 heavy (non-hydrogen) atoms. The van der Waals surface area contributed by atoms with Crippen molar-refractivity contribution in [3.8, 4) is 11.3 Å². The van der Waals surface area contributed by atoms with E-state index in [1.165, 1.54) is 5.69 Å². The number of para-hydroxylation sites is 1. The van der Waals surface area contributed by atoms with Gasteiger partial charge in [0.1, 0.15) is 5.82 Å². The van der Waals surface area contributed by atoms with Crippen LogP contribution < -0.4 is 9.80 Å². The largest absolute Gasteiger partial charge is 0.368 e. The summed E-state index contributed by atoms with van der Waals surface area (Å²) in [5.74, 6) is 0.953. The molecule has 1 fully saturated rings. The molecule has 0 aliphatic carbocycles. The molecule has 0 bridgehead atoms. The third-order valence-electron chi connectivity index (χ3n) is 7.17. The van der Waals surface area contributed by atoms with E-state index in [0.717, 1.165) is 35.7 Å². The second kappa shape index (κ2) is 9.93. The Morgan fingerprint density at radius 3 is 2.16 bits per heavy atom. The molecule has 0 atom stereocenters. The Morgan fingerprint density at radius 1 is 0.784 bits per heavy atom. The quantitative estimate of drug-likeness (QED) is 0.414. The molecule has 7 heteroatoms. The molecule has 7 nitrogen and oxygen atoms in total. The van der Waals surface area contributed by atoms with E-state index in [2.05, 4.69) is 17.0 Å². The number of nitrogens with zero attached hydrogens (tertiary/aromatic N) is 5. The molecule has 3 aromatic carbocycles. The molecule has 0 spiro atoms. The highest BCUT2D eigenvalue weighted by molar-refractivity contribution is 5.95. The first-order valence-corrected chi connectivity index (χ1v) is 12.8. The van der Waals surface area contributed by atoms with E-state index >= 15 is 0 Å². The van der Waals surface area contributed by atoms with E-state index in [1.54, 1.807) is 4.90 Å². The molecule has 2 aliphatic rings. The zero-order valence-electron chi connectivity index (χ0n) is 20.7. The summed E-state index contributed by atoms with van der Waals surface area (Å²) < 4.78 is 1.91. The number of amides is 2. The zero-order valence-corrected chi connectivity index (χ0v) is 20.7. The van der Waals surface area contributed by atoms with Crippen LogP contribution in [-0.4, -0.2) is 52.7 Å². The number of hydrogen-bond donors (Lipinski definition) is 0. The summed E-state index contributed by atoms with van der Waals surface area (Å²) in [5, 5.41) is 4.73. The first-order valence-electron chi connectivity index (χ1n) is 12.8. The number of aryl methyl sites for hydroxylation is 1. The van der Waals surface area contributed by atoms with E-state index in [-0.39, 0.29) is 11.8 Å². The maximum Gasteiger partial charge on any atom is 0.253 e. The van der Waals surface area contributed by atoms with Gasteiger partial charge in [-0.3, -0.25) is 14.5 Å². The Balaban J connectivity index is 1.12. The molecular weight excluding hydrogens is 462 g/mol. The number of carbonyl (C=O) groups excluding carboxylic acids is 2. The van der Waals surface area contributed by atoms with Gasteiger partial charge >= 0.3 is 0 Å². The highest BCUT2D eigenvalue weighted by Gasteiger charge is 2.27. The molecule has 2 amide bonds. The van der Waals surface area contributed by atoms with E-state index in [9.17, 15) is 9.59 Å². The molecule has 0 N–H and O–H groups in total. The van der Waals surface area contributed by atoms with Crippen molar-refractivity contribution in [3.05, 3.63) is 102 Å². The van der Waals surface area contributed by atoms with Gasteiger partial charge in [-0.1, -0.05) is 60.7 Å². The third-order valence-corrected chi connectivity index (χ3v) is 7.17. The molecule has 0 unspecified atom stereocenters. The number of piperazine rings is 1. The van der Waals surface area contributed by atoms with Crippen molar-refractivity contribution in [1.29, 1.82) is 0 Å². The summed E-state index contributed by atoms with van der Waals surface area (Å²) in [7, 11) is 0. The lowest BCUT2D eigenvalue weighted by molar-refractivity contribution is -0.119. The van der Waals surface area contributed by atoms with Crippen LogP contribution in [0.15, 0.2) is 91.0 Å². The SMILES string of the molecule is O=C(c1ccc(CN2C(=O)CCn3nc(-c4ccccc4)cc32)cc1)N1CCN(c2ccccc2)CC1. The Hall–Kier alpha value is -4.39. The zero-order chi connectivity index (χ0) is 25.2. The van der Waals surface area contributed by atoms with E-state index in [0.29, 0.717) is 38.2 Å². The number of benzene rings is 3. The van der Waals surface area contributed by atoms with Crippen molar-refractivity contribution in [2.24, 2.45) is 0 Å². The molecular formula is C30H29N5O2. The topological polar surface area (TPSA) is 61.7 Å². The molecule has 0 saturated carbocycles. The van der Waals surface area contributed by atoms with Gasteiger partial charge in [0.2, 0.25) is 5.91 Å². The number of carbonyl (C=O) groups is 2. The minimum atomic E-state index is 0.0545. The summed E-state index contributed by atoms with van der Waals surface area (Å²) in [4.78, 5) is 32.0. The number of anilines is 2. The smallest absolute Gasteiger partial charge is 0.253 e. The monoisotopic (exact) mass is 491 g/mol. The normalized spacial score (nSPS) is 15.6. The Labute approximate surface area is 216 Å². The molecule has 1 saturated heterocycles. The molecule has 6 rings (SSSR count). The summed E-state index contributed by atoms with van der Waals surface area (Å²) in [6.07, 6.45) is 0.425. The van der Waals surface area contributed by atoms with Crippen LogP contribution in [0.1, 0.15) is 22.3 Å². The van der Waals surface area contributed by atoms with Gasteiger partial charge in [0, 0.05) is 55.5 Å². The Morgan fingerprint density at radius 2 is 1.46 bits per heavy atom. The van der Waals surface area contributed by atoms with Crippen molar-refractivity contribution >= 4 is 23.3 Å². The predicted molar refractivity (Wildman–Crippen MR) is 144 cm³/mol. The van der Waals surface area contributed by atoms with Gasteiger partial charge in [0.15, 0.2) is 0 Å². The van der Waals surface area contributed by atoms with Crippen LogP contribution in [0.25, 0.3) is 11.3 Å². The fraction of sp³-hybridized carbons (Fsp3) is 0.233. The number of aromatic nitrogens is 2. The minimum absolute atomic E-state index is 0.0545. The summed E-state index contributed by atoms with van der Waals surface area (Å²) >= 11 is 0. The van der Waals surface area contributed by atoms with Crippen molar-refractivity contribution in [2.45, 2.75) is 19.5 Å². The van der Waals surface area contributed by atoms with Crippen LogP contribution in [0.4, 0.5) is 11.5 Å². The average molecular weight is 492 g/mol. The average Bonchev–Trinajstić information content (AvgIpc) is 3.40. The third kappa shape index (κ3) is 4.72. The van der Waals surface area contributed by atoms with E-state index < -0.39 is 0 Å². The Bertz CT molecular complexity index is 1390. The second-order valence-corrected chi connectivity index (χ2v) is 9.52. The Kier molecular flexibility index (Phi) is 6.18. The van der Waals surface area contributed by atoms with Gasteiger partial charge in [-0.25, -0.2) is 4.68 Å². The van der Waals surface area contributed by atoms with Crippen LogP contribution in [0.5, 0.6) is 0 Å². The molecule has 2 aliphatic heterocycles. The van der Waals surface area contributed by atoms with E-state index in [1.807, 2.05) is 88.4 Å². The van der Waals surface area contributed by atoms with Crippen molar-refractivity contribution in [3.63, 3.8) is 0 Å². The van der Waals surface area contributed by atoms with E-state index in [4.69, 9.17) is 5.10 Å². The lowest BCUT2D eigenvalue weighted by Crippen LogP contribution is -2.48. The fourth-order valence-corrected chi connectivity index (χ4v) is 5.10. The lowest BCUT2D eigenvalue weighted by atomic mass is 10.1. The molecule has 186 valence electrons. The number of fused-ring (bicyclic) bond motifs is 1. The molecule has 3 heterocycles. The summed E-state index contributed by atoms with van der Waals surface area (Å²) in [6, 6.07) is 30.0. The van der Waals surface area contributed by atoms with Gasteiger partial charge in [0.25, 0.3) is 5.91 Å². The summed E-state index contributed by atoms with van der Waals surface area (Å²) in [6.45, 7) is 4.08. The van der Waals surface area contributed by atoms with Crippen LogP contribution in [0.3, 0.4) is 0 Å². The first kappa shape index (κ1) is 23.0. The van der Waals surface area contributed by atoms with Gasteiger partial charge in [-0.05, 0) is 29.8 Å². The maximum absolute atomic E-state index is 13.1. The lowest BCUT2D eigenvalue weighted by Gasteiger charge is -2.36. The van der Waals surface area contributed by atoms with Crippen LogP contribution in [-0.2, 0) is 17.9 Å². The number of hydrogen-bond acceptors (Lipinski definition) is 4. The minimum Gasteiger partial charge on any atom is -0.368 e. The van der Waals surface area contributed by atoms with Crippen molar-refractivity contribution < 1.29 is 9.59 Å². The molecule has 0 radical (unpaired) electrons. The maximum atomic E-state index is 13.1. The second-order valence-electron chi connectivity index (χ2n) is 9.52. The van der Waals surface area contributed by atoms with Crippen LogP contribution >= 0.6 is 0 Å². The molecule has 1 aromatic heterocycles. The molecule has 4 aromatic rings. The van der Waals surface area contributed by atoms with Crippen molar-refractivity contribution in [2.75, 3.05) is 36.0 Å². The first-order chi connectivity index (χ1) is 18.2. The van der Waals surface area contributed by atoms with Gasteiger partial charge in [-0.2, -0.15) is 5.10 Å². The van der Waals surface area contributed by atoms with Gasteiger partial charge < -0.3 is 9.80 Å². The number of rotatable bonds is 5. The van der Waals surface area contributed by atoms with Crippen molar-refractivity contribution in [1.82, 2.24) is 14.7 Å². The standard InChI is InChI=1S/C30H29N5O2/c36-29-15-16-35-28(21-27(31-35)24-7-3-1-4-8-24)34(29)22-23-11-13-25(14-12-23)30(37)33-19-17-32(18-20-33)26-9-5-2-6-10-26/h1-14,21H,15-20,22H2.